The van der Waals surface area contributed by atoms with Gasteiger partial charge < -0.3 is 8.98 Å². The van der Waals surface area contributed by atoms with Crippen LogP contribution >= 0.6 is 0 Å². The Hall–Kier alpha value is -1.59. The van der Waals surface area contributed by atoms with Gasteiger partial charge in [0.25, 0.3) is 0 Å². The molecular weight excluding hydrogens is 288 g/mol. The predicted molar refractivity (Wildman–Crippen MR) is 89.1 cm³/mol. The molecule has 0 bridgehead atoms. The largest absolute Gasteiger partial charge is 0.472 e. The first-order valence-corrected chi connectivity index (χ1v) is 8.74. The lowest BCUT2D eigenvalue weighted by Gasteiger charge is -2.50. The highest BCUT2D eigenvalue weighted by molar-refractivity contribution is 5.18. The van der Waals surface area contributed by atoms with Crippen molar-refractivity contribution in [3.8, 4) is 0 Å². The Morgan fingerprint density at radius 3 is 2.74 bits per heavy atom. The Morgan fingerprint density at radius 2 is 2.04 bits per heavy atom. The number of piperidine rings is 1. The molecule has 1 spiro atoms. The summed E-state index contributed by atoms with van der Waals surface area (Å²) in [5.74, 6) is 1.30. The van der Waals surface area contributed by atoms with Crippen molar-refractivity contribution in [1.29, 1.82) is 0 Å². The molecule has 1 fully saturated rings. The highest BCUT2D eigenvalue weighted by Crippen LogP contribution is 2.41. The number of hydrogen-bond acceptors (Lipinski definition) is 4. The zero-order valence-electron chi connectivity index (χ0n) is 14.2. The minimum Gasteiger partial charge on any atom is -0.472 e. The van der Waals surface area contributed by atoms with Crippen molar-refractivity contribution in [2.24, 2.45) is 0 Å². The first-order chi connectivity index (χ1) is 11.2. The van der Waals surface area contributed by atoms with Crippen LogP contribution in [-0.4, -0.2) is 45.5 Å². The SMILES string of the molecule is CCN1CCn2c(C)cnc2C12CCN(Cc1ccoc1)CC2. The monoisotopic (exact) mass is 314 g/mol. The third-order valence-corrected chi connectivity index (χ3v) is 5.72. The summed E-state index contributed by atoms with van der Waals surface area (Å²) < 4.78 is 7.64. The average molecular weight is 314 g/mol. The van der Waals surface area contributed by atoms with Gasteiger partial charge in [0.15, 0.2) is 0 Å². The van der Waals surface area contributed by atoms with Crippen LogP contribution in [0, 0.1) is 6.92 Å². The highest BCUT2D eigenvalue weighted by Gasteiger charge is 2.46. The van der Waals surface area contributed by atoms with Gasteiger partial charge in [-0.05, 0) is 32.4 Å². The molecule has 0 saturated carbocycles. The lowest BCUT2D eigenvalue weighted by atomic mass is 9.83. The van der Waals surface area contributed by atoms with Gasteiger partial charge in [-0.25, -0.2) is 4.98 Å². The van der Waals surface area contributed by atoms with Gasteiger partial charge >= 0.3 is 0 Å². The fraction of sp³-hybridized carbons (Fsp3) is 0.611. The maximum Gasteiger partial charge on any atom is 0.129 e. The van der Waals surface area contributed by atoms with E-state index in [-0.39, 0.29) is 5.54 Å². The molecule has 5 heteroatoms. The summed E-state index contributed by atoms with van der Waals surface area (Å²) in [6, 6.07) is 2.07. The zero-order valence-corrected chi connectivity index (χ0v) is 14.2. The minimum atomic E-state index is 0.133. The normalized spacial score (nSPS) is 21.7. The van der Waals surface area contributed by atoms with Crippen LogP contribution in [0.25, 0.3) is 0 Å². The van der Waals surface area contributed by atoms with Crippen molar-refractivity contribution in [3.63, 3.8) is 0 Å². The van der Waals surface area contributed by atoms with E-state index in [1.54, 1.807) is 6.26 Å². The number of likely N-dealkylation sites (tertiary alicyclic amines) is 1. The molecule has 4 heterocycles. The summed E-state index contributed by atoms with van der Waals surface area (Å²) in [5, 5.41) is 0. The standard InChI is InChI=1S/C18H26N4O/c1-3-21-9-10-22-15(2)12-19-17(22)18(21)5-7-20(8-6-18)13-16-4-11-23-14-16/h4,11-12,14H,3,5-10,13H2,1-2H3. The van der Waals surface area contributed by atoms with Gasteiger partial charge in [-0.1, -0.05) is 6.92 Å². The molecule has 0 aromatic carbocycles. The van der Waals surface area contributed by atoms with E-state index in [2.05, 4.69) is 34.3 Å². The number of aryl methyl sites for hydroxylation is 1. The minimum absolute atomic E-state index is 0.133. The summed E-state index contributed by atoms with van der Waals surface area (Å²) in [6.07, 6.45) is 8.00. The van der Waals surface area contributed by atoms with Crippen molar-refractivity contribution in [2.45, 2.75) is 45.3 Å². The molecule has 5 nitrogen and oxygen atoms in total. The molecule has 124 valence electrons. The lowest BCUT2D eigenvalue weighted by molar-refractivity contribution is -0.00837. The molecule has 0 unspecified atom stereocenters. The van der Waals surface area contributed by atoms with Crippen molar-refractivity contribution in [2.75, 3.05) is 26.2 Å². The zero-order chi connectivity index (χ0) is 15.9. The molecule has 1 saturated heterocycles. The molecule has 0 atom stereocenters. The van der Waals surface area contributed by atoms with Gasteiger partial charge in [-0.3, -0.25) is 9.80 Å². The van der Waals surface area contributed by atoms with Crippen LogP contribution in [0.3, 0.4) is 0 Å². The van der Waals surface area contributed by atoms with Crippen molar-refractivity contribution >= 4 is 0 Å². The lowest BCUT2D eigenvalue weighted by Crippen LogP contribution is -2.57. The van der Waals surface area contributed by atoms with E-state index in [1.807, 2.05) is 12.5 Å². The Kier molecular flexibility index (Phi) is 3.77. The maximum atomic E-state index is 5.20. The smallest absolute Gasteiger partial charge is 0.129 e. The van der Waals surface area contributed by atoms with Crippen molar-refractivity contribution in [1.82, 2.24) is 19.4 Å². The van der Waals surface area contributed by atoms with E-state index in [0.29, 0.717) is 0 Å². The predicted octanol–water partition coefficient (Wildman–Crippen LogP) is 2.61. The second-order valence-corrected chi connectivity index (χ2v) is 6.89. The molecular formula is C18H26N4O. The Balaban J connectivity index is 1.56. The van der Waals surface area contributed by atoms with E-state index >= 15 is 0 Å². The van der Waals surface area contributed by atoms with E-state index in [9.17, 15) is 0 Å². The van der Waals surface area contributed by atoms with E-state index < -0.39 is 0 Å². The van der Waals surface area contributed by atoms with Crippen LogP contribution in [0.4, 0.5) is 0 Å². The van der Waals surface area contributed by atoms with Gasteiger partial charge in [0.05, 0.1) is 18.1 Å². The van der Waals surface area contributed by atoms with Crippen LogP contribution < -0.4 is 0 Å². The molecule has 0 aliphatic carbocycles. The highest BCUT2D eigenvalue weighted by atomic mass is 16.3. The molecule has 2 aliphatic heterocycles. The number of furan rings is 1. The number of likely N-dealkylation sites (N-methyl/N-ethyl adjacent to an activating group) is 1. The second-order valence-electron chi connectivity index (χ2n) is 6.89. The first-order valence-electron chi connectivity index (χ1n) is 8.74. The first kappa shape index (κ1) is 15.0. The third-order valence-electron chi connectivity index (χ3n) is 5.72. The molecule has 2 aromatic rings. The van der Waals surface area contributed by atoms with Crippen LogP contribution in [0.5, 0.6) is 0 Å². The molecule has 0 amide bonds. The van der Waals surface area contributed by atoms with Gasteiger partial charge in [-0.15, -0.1) is 0 Å². The van der Waals surface area contributed by atoms with Crippen molar-refractivity contribution in [3.05, 3.63) is 41.9 Å². The number of aromatic nitrogens is 2. The number of nitrogens with zero attached hydrogens (tertiary/aromatic N) is 4. The topological polar surface area (TPSA) is 37.4 Å². The molecule has 2 aliphatic rings. The third kappa shape index (κ3) is 2.42. The summed E-state index contributed by atoms with van der Waals surface area (Å²) in [5.41, 5.74) is 2.71. The summed E-state index contributed by atoms with van der Waals surface area (Å²) in [7, 11) is 0. The summed E-state index contributed by atoms with van der Waals surface area (Å²) in [6.45, 7) is 11.0. The number of rotatable bonds is 3. The van der Waals surface area contributed by atoms with Crippen molar-refractivity contribution < 1.29 is 4.42 Å². The average Bonchev–Trinajstić information content (AvgIpc) is 3.21. The fourth-order valence-electron chi connectivity index (χ4n) is 4.41. The molecule has 0 radical (unpaired) electrons. The van der Waals surface area contributed by atoms with Crippen LogP contribution in [0.2, 0.25) is 0 Å². The molecule has 0 N–H and O–H groups in total. The van der Waals surface area contributed by atoms with Crippen LogP contribution in [0.1, 0.15) is 36.8 Å². The van der Waals surface area contributed by atoms with E-state index in [0.717, 1.165) is 52.1 Å². The Labute approximate surface area is 137 Å². The Bertz CT molecular complexity index is 653. The van der Waals surface area contributed by atoms with Crippen LogP contribution in [-0.2, 0) is 18.6 Å². The quantitative estimate of drug-likeness (QED) is 0.873. The molecule has 4 rings (SSSR count). The van der Waals surface area contributed by atoms with Gasteiger partial charge in [-0.2, -0.15) is 0 Å². The van der Waals surface area contributed by atoms with Crippen LogP contribution in [0.15, 0.2) is 29.2 Å². The van der Waals surface area contributed by atoms with Gasteiger partial charge in [0, 0.05) is 50.2 Å². The number of imidazole rings is 1. The van der Waals surface area contributed by atoms with E-state index in [4.69, 9.17) is 9.40 Å². The Morgan fingerprint density at radius 1 is 1.22 bits per heavy atom. The maximum absolute atomic E-state index is 5.20. The number of hydrogen-bond donors (Lipinski definition) is 0. The molecule has 2 aromatic heterocycles. The second kappa shape index (κ2) is 5.80. The fourth-order valence-corrected chi connectivity index (χ4v) is 4.41. The number of fused-ring (bicyclic) bond motifs is 2. The molecule has 23 heavy (non-hydrogen) atoms. The summed E-state index contributed by atoms with van der Waals surface area (Å²) >= 11 is 0. The summed E-state index contributed by atoms with van der Waals surface area (Å²) in [4.78, 5) is 10.0. The van der Waals surface area contributed by atoms with E-state index in [1.165, 1.54) is 17.1 Å². The van der Waals surface area contributed by atoms with Gasteiger partial charge in [0.2, 0.25) is 0 Å². The van der Waals surface area contributed by atoms with Gasteiger partial charge in [0.1, 0.15) is 5.82 Å².